The number of nitrogens with zero attached hydrogens (tertiary/aromatic N) is 2. The van der Waals surface area contributed by atoms with Crippen molar-refractivity contribution in [2.24, 2.45) is 0 Å². The van der Waals surface area contributed by atoms with Crippen LogP contribution in [0.2, 0.25) is 0 Å². The molecule has 0 aliphatic carbocycles. The van der Waals surface area contributed by atoms with E-state index in [1.807, 2.05) is 6.07 Å². The normalized spacial score (nSPS) is 12.9. The van der Waals surface area contributed by atoms with Crippen LogP contribution in [0, 0.1) is 0 Å². The molecule has 0 spiro atoms. The first-order valence-corrected chi connectivity index (χ1v) is 6.88. The number of anilines is 2. The van der Waals surface area contributed by atoms with Crippen molar-refractivity contribution in [1.29, 1.82) is 0 Å². The van der Waals surface area contributed by atoms with Gasteiger partial charge in [-0.05, 0) is 30.4 Å². The minimum atomic E-state index is 0.0913. The minimum absolute atomic E-state index is 0.0913. The topological polar surface area (TPSA) is 63.8 Å². The van der Waals surface area contributed by atoms with E-state index in [0.717, 1.165) is 6.42 Å². The molecule has 1 atom stereocenters. The summed E-state index contributed by atoms with van der Waals surface area (Å²) in [5.41, 5.74) is 7.09. The van der Waals surface area contributed by atoms with E-state index in [1.165, 1.54) is 5.56 Å². The summed E-state index contributed by atoms with van der Waals surface area (Å²) in [6, 6.07) is 12.5. The van der Waals surface area contributed by atoms with Crippen LogP contribution in [0.5, 0.6) is 0 Å². The van der Waals surface area contributed by atoms with Crippen LogP contribution in [0.25, 0.3) is 0 Å². The lowest BCUT2D eigenvalue weighted by Gasteiger charge is -2.29. The molecule has 0 radical (unpaired) electrons. The zero-order valence-corrected chi connectivity index (χ0v) is 12.3. The van der Waals surface area contributed by atoms with Crippen LogP contribution >= 0.6 is 0 Å². The second-order valence-corrected chi connectivity index (χ2v) is 5.80. The Kier molecular flexibility index (Phi) is 4.23. The highest BCUT2D eigenvalue weighted by molar-refractivity contribution is 5.36. The van der Waals surface area contributed by atoms with E-state index in [-0.39, 0.29) is 11.5 Å². The maximum atomic E-state index is 5.66. The number of benzene rings is 1. The zero-order valence-electron chi connectivity index (χ0n) is 12.3. The molecule has 0 bridgehead atoms. The number of nitrogens with two attached hydrogens (primary N) is 1. The fraction of sp³-hybridized carbons (Fsp3) is 0.375. The van der Waals surface area contributed by atoms with Gasteiger partial charge in [0.2, 0.25) is 5.95 Å². The van der Waals surface area contributed by atoms with Crippen LogP contribution in [0.3, 0.4) is 0 Å². The van der Waals surface area contributed by atoms with Gasteiger partial charge in [0, 0.05) is 12.2 Å². The molecule has 0 saturated heterocycles. The molecule has 3 N–H and O–H groups in total. The molecule has 4 heteroatoms. The Morgan fingerprint density at radius 1 is 1.20 bits per heavy atom. The van der Waals surface area contributed by atoms with E-state index in [4.69, 9.17) is 5.73 Å². The number of aromatic nitrogens is 2. The van der Waals surface area contributed by atoms with Gasteiger partial charge in [0.25, 0.3) is 0 Å². The summed E-state index contributed by atoms with van der Waals surface area (Å²) < 4.78 is 0. The third-order valence-electron chi connectivity index (χ3n) is 3.42. The lowest BCUT2D eigenvalue weighted by molar-refractivity contribution is 0.449. The van der Waals surface area contributed by atoms with E-state index in [0.29, 0.717) is 11.8 Å². The summed E-state index contributed by atoms with van der Waals surface area (Å²) in [6.07, 6.45) is 2.65. The Hall–Kier alpha value is -2.10. The fourth-order valence-electron chi connectivity index (χ4n) is 2.49. The Morgan fingerprint density at radius 3 is 2.55 bits per heavy atom. The van der Waals surface area contributed by atoms with E-state index in [1.54, 1.807) is 12.3 Å². The monoisotopic (exact) mass is 270 g/mol. The van der Waals surface area contributed by atoms with Gasteiger partial charge < -0.3 is 11.1 Å². The second kappa shape index (κ2) is 5.90. The van der Waals surface area contributed by atoms with Crippen molar-refractivity contribution in [2.45, 2.75) is 38.6 Å². The van der Waals surface area contributed by atoms with E-state index in [2.05, 4.69) is 60.3 Å². The summed E-state index contributed by atoms with van der Waals surface area (Å²) in [6.45, 7) is 6.64. The van der Waals surface area contributed by atoms with E-state index < -0.39 is 0 Å². The third kappa shape index (κ3) is 3.70. The molecule has 2 aromatic rings. The van der Waals surface area contributed by atoms with Gasteiger partial charge in [0.05, 0.1) is 0 Å². The molecule has 20 heavy (non-hydrogen) atoms. The summed E-state index contributed by atoms with van der Waals surface area (Å²) in [7, 11) is 0. The molecule has 0 fully saturated rings. The van der Waals surface area contributed by atoms with Gasteiger partial charge in [0.15, 0.2) is 0 Å². The highest BCUT2D eigenvalue weighted by atomic mass is 15.1. The standard InChI is InChI=1S/C16H22N4/c1-12(19-15-18-10-9-14(17)20-15)11-16(2,3)13-7-5-4-6-8-13/h4-10,12H,11H2,1-3H3,(H3,17,18,19,20)/t12-/m1/s1. The van der Waals surface area contributed by atoms with Crippen molar-refractivity contribution in [3.63, 3.8) is 0 Å². The average molecular weight is 270 g/mol. The highest BCUT2D eigenvalue weighted by Gasteiger charge is 2.23. The third-order valence-corrected chi connectivity index (χ3v) is 3.42. The second-order valence-electron chi connectivity index (χ2n) is 5.80. The van der Waals surface area contributed by atoms with Crippen LogP contribution < -0.4 is 11.1 Å². The molecule has 0 saturated carbocycles. The fourth-order valence-corrected chi connectivity index (χ4v) is 2.49. The lowest BCUT2D eigenvalue weighted by atomic mass is 9.79. The molecular weight excluding hydrogens is 248 g/mol. The summed E-state index contributed by atoms with van der Waals surface area (Å²) in [5.74, 6) is 1.07. The van der Waals surface area contributed by atoms with Crippen LogP contribution in [0.1, 0.15) is 32.8 Å². The molecule has 1 aromatic heterocycles. The number of rotatable bonds is 5. The largest absolute Gasteiger partial charge is 0.384 e. The van der Waals surface area contributed by atoms with Gasteiger partial charge in [0.1, 0.15) is 5.82 Å². The molecule has 1 heterocycles. The SMILES string of the molecule is C[C@H](CC(C)(C)c1ccccc1)Nc1nccc(N)n1. The van der Waals surface area contributed by atoms with Gasteiger partial charge in [-0.25, -0.2) is 4.98 Å². The van der Waals surface area contributed by atoms with E-state index in [9.17, 15) is 0 Å². The molecule has 0 aliphatic rings. The first kappa shape index (κ1) is 14.3. The molecule has 106 valence electrons. The first-order valence-electron chi connectivity index (χ1n) is 6.88. The van der Waals surface area contributed by atoms with E-state index >= 15 is 0 Å². The number of hydrogen-bond donors (Lipinski definition) is 2. The first-order chi connectivity index (χ1) is 9.47. The van der Waals surface area contributed by atoms with Crippen LogP contribution in [-0.4, -0.2) is 16.0 Å². The number of hydrogen-bond acceptors (Lipinski definition) is 4. The molecule has 0 unspecified atom stereocenters. The Bertz CT molecular complexity index is 551. The molecular formula is C16H22N4. The Balaban J connectivity index is 2.02. The highest BCUT2D eigenvalue weighted by Crippen LogP contribution is 2.28. The van der Waals surface area contributed by atoms with Crippen LogP contribution in [-0.2, 0) is 5.41 Å². The molecule has 0 amide bonds. The van der Waals surface area contributed by atoms with Crippen LogP contribution in [0.4, 0.5) is 11.8 Å². The number of nitrogens with one attached hydrogen (secondary N) is 1. The smallest absolute Gasteiger partial charge is 0.224 e. The van der Waals surface area contributed by atoms with Gasteiger partial charge >= 0.3 is 0 Å². The predicted octanol–water partition coefficient (Wildman–Crippen LogP) is 3.23. The molecule has 1 aromatic carbocycles. The van der Waals surface area contributed by atoms with Gasteiger partial charge in [-0.3, -0.25) is 0 Å². The maximum Gasteiger partial charge on any atom is 0.224 e. The maximum absolute atomic E-state index is 5.66. The summed E-state index contributed by atoms with van der Waals surface area (Å²) >= 11 is 0. The van der Waals surface area contributed by atoms with Crippen molar-refractivity contribution < 1.29 is 0 Å². The quantitative estimate of drug-likeness (QED) is 0.875. The lowest BCUT2D eigenvalue weighted by Crippen LogP contribution is -2.28. The van der Waals surface area contributed by atoms with Crippen molar-refractivity contribution in [1.82, 2.24) is 9.97 Å². The minimum Gasteiger partial charge on any atom is -0.384 e. The average Bonchev–Trinajstić information content (AvgIpc) is 2.39. The van der Waals surface area contributed by atoms with Gasteiger partial charge in [-0.15, -0.1) is 0 Å². The van der Waals surface area contributed by atoms with Crippen LogP contribution in [0.15, 0.2) is 42.6 Å². The van der Waals surface area contributed by atoms with Crippen molar-refractivity contribution in [3.05, 3.63) is 48.2 Å². The zero-order chi connectivity index (χ0) is 14.6. The van der Waals surface area contributed by atoms with Gasteiger partial charge in [-0.1, -0.05) is 44.2 Å². The number of nitrogen functional groups attached to an aromatic ring is 1. The Labute approximate surface area is 120 Å². The van der Waals surface area contributed by atoms with Crippen molar-refractivity contribution in [3.8, 4) is 0 Å². The Morgan fingerprint density at radius 2 is 1.90 bits per heavy atom. The van der Waals surface area contributed by atoms with Crippen molar-refractivity contribution in [2.75, 3.05) is 11.1 Å². The molecule has 4 nitrogen and oxygen atoms in total. The summed E-state index contributed by atoms with van der Waals surface area (Å²) in [4.78, 5) is 8.35. The molecule has 0 aliphatic heterocycles. The predicted molar refractivity (Wildman–Crippen MR) is 83.6 cm³/mol. The summed E-state index contributed by atoms with van der Waals surface area (Å²) in [5, 5.41) is 3.31. The molecule has 2 rings (SSSR count). The van der Waals surface area contributed by atoms with Crippen molar-refractivity contribution >= 4 is 11.8 Å². The van der Waals surface area contributed by atoms with Gasteiger partial charge in [-0.2, -0.15) is 4.98 Å².